The van der Waals surface area contributed by atoms with Crippen LogP contribution < -0.4 is 4.74 Å². The van der Waals surface area contributed by atoms with Crippen molar-refractivity contribution in [3.63, 3.8) is 0 Å². The van der Waals surface area contributed by atoms with Crippen LogP contribution in [0.25, 0.3) is 4.85 Å². The molecule has 0 atom stereocenters. The van der Waals surface area contributed by atoms with Crippen LogP contribution in [0.3, 0.4) is 0 Å². The minimum Gasteiger partial charge on any atom is -0.488 e. The summed E-state index contributed by atoms with van der Waals surface area (Å²) in [5.74, 6) is 0.798. The highest BCUT2D eigenvalue weighted by atomic mass is 16.5. The van der Waals surface area contributed by atoms with Crippen LogP contribution in [0.5, 0.6) is 5.75 Å². The molecule has 0 N–H and O–H groups in total. The van der Waals surface area contributed by atoms with Gasteiger partial charge < -0.3 is 9.58 Å². The number of para-hydroxylation sites is 1. The summed E-state index contributed by atoms with van der Waals surface area (Å²) in [5, 5.41) is 0. The summed E-state index contributed by atoms with van der Waals surface area (Å²) >= 11 is 0. The Morgan fingerprint density at radius 2 is 1.65 bits per heavy atom. The van der Waals surface area contributed by atoms with E-state index in [1.807, 2.05) is 54.6 Å². The van der Waals surface area contributed by atoms with E-state index in [-0.39, 0.29) is 0 Å². The Morgan fingerprint density at radius 3 is 2.41 bits per heavy atom. The van der Waals surface area contributed by atoms with Gasteiger partial charge in [-0.15, -0.1) is 0 Å². The zero-order valence-electron chi connectivity index (χ0n) is 9.47. The summed E-state index contributed by atoms with van der Waals surface area (Å²) < 4.78 is 5.73. The molecule has 0 saturated carbocycles. The Labute approximate surface area is 101 Å². The number of rotatable bonds is 4. The molecule has 0 unspecified atom stereocenters. The van der Waals surface area contributed by atoms with Gasteiger partial charge in [0, 0.05) is 0 Å². The summed E-state index contributed by atoms with van der Waals surface area (Å²) in [5.41, 5.74) is 2.07. The molecule has 2 heteroatoms. The van der Waals surface area contributed by atoms with Crippen LogP contribution in [0.4, 0.5) is 0 Å². The van der Waals surface area contributed by atoms with Gasteiger partial charge in [-0.2, -0.15) is 0 Å². The topological polar surface area (TPSA) is 13.6 Å². The normalized spacial score (nSPS) is 9.59. The molecule has 2 rings (SSSR count). The predicted molar refractivity (Wildman–Crippen MR) is 67.5 cm³/mol. The highest BCUT2D eigenvalue weighted by molar-refractivity contribution is 5.34. The van der Waals surface area contributed by atoms with Crippen molar-refractivity contribution in [2.75, 3.05) is 0 Å². The number of ether oxygens (including phenoxy) is 1. The maximum absolute atomic E-state index is 6.90. The van der Waals surface area contributed by atoms with E-state index in [2.05, 4.69) is 4.85 Å². The number of benzene rings is 2. The van der Waals surface area contributed by atoms with Gasteiger partial charge in [0.25, 0.3) is 0 Å². The third-order valence-corrected chi connectivity index (χ3v) is 2.46. The smallest absolute Gasteiger partial charge is 0.243 e. The highest BCUT2D eigenvalue weighted by Gasteiger charge is 2.04. The number of hydrogen-bond acceptors (Lipinski definition) is 1. The largest absolute Gasteiger partial charge is 0.488 e. The Bertz CT molecular complexity index is 514. The van der Waals surface area contributed by atoms with Crippen molar-refractivity contribution in [2.24, 2.45) is 0 Å². The Kier molecular flexibility index (Phi) is 3.77. The van der Waals surface area contributed by atoms with Gasteiger partial charge in [-0.25, -0.2) is 6.57 Å². The van der Waals surface area contributed by atoms with Crippen LogP contribution in [0, 0.1) is 6.57 Å². The molecule has 0 radical (unpaired) electrons. The summed E-state index contributed by atoms with van der Waals surface area (Å²) in [6, 6.07) is 17.7. The number of hydrogen-bond donors (Lipinski definition) is 0. The molecule has 0 spiro atoms. The molecule has 0 fully saturated rings. The minimum atomic E-state index is 0.366. The third kappa shape index (κ3) is 3.09. The van der Waals surface area contributed by atoms with E-state index in [1.54, 1.807) is 0 Å². The second-order valence-corrected chi connectivity index (χ2v) is 3.70. The first kappa shape index (κ1) is 11.2. The van der Waals surface area contributed by atoms with Gasteiger partial charge in [-0.3, -0.25) is 0 Å². The maximum Gasteiger partial charge on any atom is 0.243 e. The standard InChI is InChI=1S/C15H13NO/c1-16-11-14-9-5-6-10-15(14)17-12-13-7-3-2-4-8-13/h2-10H,11-12H2. The average Bonchev–Trinajstić information content (AvgIpc) is 2.39. The van der Waals surface area contributed by atoms with E-state index in [1.165, 1.54) is 0 Å². The monoisotopic (exact) mass is 223 g/mol. The molecule has 0 aliphatic carbocycles. The van der Waals surface area contributed by atoms with Gasteiger partial charge >= 0.3 is 0 Å². The van der Waals surface area contributed by atoms with Gasteiger partial charge in [0.2, 0.25) is 6.54 Å². The van der Waals surface area contributed by atoms with Crippen molar-refractivity contribution in [3.05, 3.63) is 77.1 Å². The van der Waals surface area contributed by atoms with E-state index >= 15 is 0 Å². The lowest BCUT2D eigenvalue weighted by molar-refractivity contribution is 0.303. The van der Waals surface area contributed by atoms with Crippen molar-refractivity contribution < 1.29 is 4.74 Å². The van der Waals surface area contributed by atoms with Crippen molar-refractivity contribution in [2.45, 2.75) is 13.2 Å². The molecule has 0 aliphatic rings. The van der Waals surface area contributed by atoms with Gasteiger partial charge in [0.15, 0.2) is 0 Å². The van der Waals surface area contributed by atoms with Crippen LogP contribution >= 0.6 is 0 Å². The average molecular weight is 223 g/mol. The van der Waals surface area contributed by atoms with Crippen molar-refractivity contribution in [3.8, 4) is 5.75 Å². The van der Waals surface area contributed by atoms with Gasteiger partial charge in [0.05, 0.1) is 5.56 Å². The lowest BCUT2D eigenvalue weighted by atomic mass is 10.2. The molecular weight excluding hydrogens is 210 g/mol. The molecule has 0 heterocycles. The lowest BCUT2D eigenvalue weighted by Gasteiger charge is -2.08. The second kappa shape index (κ2) is 5.72. The highest BCUT2D eigenvalue weighted by Crippen LogP contribution is 2.20. The van der Waals surface area contributed by atoms with Gasteiger partial charge in [-0.1, -0.05) is 42.5 Å². The van der Waals surface area contributed by atoms with Gasteiger partial charge in [-0.05, 0) is 17.7 Å². The van der Waals surface area contributed by atoms with Crippen molar-refractivity contribution in [1.29, 1.82) is 0 Å². The van der Waals surface area contributed by atoms with Crippen LogP contribution in [-0.4, -0.2) is 0 Å². The van der Waals surface area contributed by atoms with Crippen LogP contribution in [0.15, 0.2) is 54.6 Å². The Hall–Kier alpha value is -2.27. The molecule has 2 aromatic carbocycles. The van der Waals surface area contributed by atoms with Gasteiger partial charge in [0.1, 0.15) is 12.4 Å². The quantitative estimate of drug-likeness (QED) is 0.721. The Balaban J connectivity index is 2.07. The molecule has 0 bridgehead atoms. The van der Waals surface area contributed by atoms with Crippen LogP contribution in [-0.2, 0) is 13.2 Å². The molecule has 0 amide bonds. The van der Waals surface area contributed by atoms with E-state index in [4.69, 9.17) is 11.3 Å². The van der Waals surface area contributed by atoms with E-state index in [9.17, 15) is 0 Å². The molecule has 84 valence electrons. The maximum atomic E-state index is 6.90. The molecule has 0 saturated heterocycles. The summed E-state index contributed by atoms with van der Waals surface area (Å²) in [6.45, 7) is 7.81. The fraction of sp³-hybridized carbons (Fsp3) is 0.133. The first-order valence-corrected chi connectivity index (χ1v) is 5.48. The van der Waals surface area contributed by atoms with Crippen molar-refractivity contribution in [1.82, 2.24) is 0 Å². The summed E-state index contributed by atoms with van der Waals surface area (Å²) in [4.78, 5) is 3.39. The lowest BCUT2D eigenvalue weighted by Crippen LogP contribution is -1.97. The third-order valence-electron chi connectivity index (χ3n) is 2.46. The molecule has 0 aromatic heterocycles. The zero-order valence-corrected chi connectivity index (χ0v) is 9.47. The molecular formula is C15H13NO. The fourth-order valence-electron chi connectivity index (χ4n) is 1.60. The zero-order chi connectivity index (χ0) is 11.9. The van der Waals surface area contributed by atoms with E-state index in [0.29, 0.717) is 13.2 Å². The minimum absolute atomic E-state index is 0.366. The van der Waals surface area contributed by atoms with Crippen molar-refractivity contribution >= 4 is 0 Å². The molecule has 2 aromatic rings. The summed E-state index contributed by atoms with van der Waals surface area (Å²) in [7, 11) is 0. The van der Waals surface area contributed by atoms with Crippen LogP contribution in [0.2, 0.25) is 0 Å². The Morgan fingerprint density at radius 1 is 0.941 bits per heavy atom. The number of nitrogens with zero attached hydrogens (tertiary/aromatic N) is 1. The van der Waals surface area contributed by atoms with E-state index in [0.717, 1.165) is 16.9 Å². The first-order valence-electron chi connectivity index (χ1n) is 5.48. The predicted octanol–water partition coefficient (Wildman–Crippen LogP) is 3.68. The molecule has 17 heavy (non-hydrogen) atoms. The summed E-state index contributed by atoms with van der Waals surface area (Å²) in [6.07, 6.45) is 0. The van der Waals surface area contributed by atoms with E-state index < -0.39 is 0 Å². The SMILES string of the molecule is [C-]#[N+]Cc1ccccc1OCc1ccccc1. The van der Waals surface area contributed by atoms with Crippen LogP contribution in [0.1, 0.15) is 11.1 Å². The molecule has 2 nitrogen and oxygen atoms in total. The molecule has 0 aliphatic heterocycles. The fourth-order valence-corrected chi connectivity index (χ4v) is 1.60. The first-order chi connectivity index (χ1) is 8.40. The second-order valence-electron chi connectivity index (χ2n) is 3.70.